The van der Waals surface area contributed by atoms with Gasteiger partial charge in [-0.2, -0.15) is 4.31 Å². The summed E-state index contributed by atoms with van der Waals surface area (Å²) in [4.78, 5) is 11.8. The van der Waals surface area contributed by atoms with Gasteiger partial charge in [-0.05, 0) is 23.8 Å². The van der Waals surface area contributed by atoms with Crippen molar-refractivity contribution in [1.29, 1.82) is 0 Å². The highest BCUT2D eigenvalue weighted by atomic mass is 35.5. The van der Waals surface area contributed by atoms with Crippen LogP contribution in [0, 0.1) is 0 Å². The van der Waals surface area contributed by atoms with Crippen molar-refractivity contribution in [2.24, 2.45) is 0 Å². The fourth-order valence-electron chi connectivity index (χ4n) is 2.29. The molecule has 24 heavy (non-hydrogen) atoms. The van der Waals surface area contributed by atoms with Crippen molar-refractivity contribution in [2.75, 3.05) is 13.7 Å². The molecule has 0 aliphatic rings. The number of ether oxygens (including phenoxy) is 1. The highest BCUT2D eigenvalue weighted by molar-refractivity contribution is 7.89. The summed E-state index contributed by atoms with van der Waals surface area (Å²) in [5.74, 6) is -0.692. The minimum atomic E-state index is -3.88. The molecule has 2 rings (SSSR count). The van der Waals surface area contributed by atoms with E-state index in [1.54, 1.807) is 43.3 Å². The van der Waals surface area contributed by atoms with E-state index in [0.717, 1.165) is 0 Å². The number of esters is 1. The maximum absolute atomic E-state index is 13.0. The van der Waals surface area contributed by atoms with E-state index in [9.17, 15) is 13.2 Å². The van der Waals surface area contributed by atoms with Gasteiger partial charge in [0.15, 0.2) is 0 Å². The lowest BCUT2D eigenvalue weighted by Gasteiger charge is -2.22. The summed E-state index contributed by atoms with van der Waals surface area (Å²) in [7, 11) is -2.66. The molecule has 0 aliphatic heterocycles. The Labute approximate surface area is 146 Å². The van der Waals surface area contributed by atoms with Gasteiger partial charge in [0.05, 0.1) is 17.6 Å². The van der Waals surface area contributed by atoms with Gasteiger partial charge in [-0.1, -0.05) is 48.9 Å². The standard InChI is InChI=1S/C17H18ClNO4S/c1-3-19(12-13-8-4-6-10-15(13)18)24(21,22)16-11-7-5-9-14(16)17(20)23-2/h4-11H,3,12H2,1-2H3. The van der Waals surface area contributed by atoms with E-state index in [2.05, 4.69) is 4.74 Å². The second-order valence-electron chi connectivity index (χ2n) is 5.01. The van der Waals surface area contributed by atoms with Crippen molar-refractivity contribution in [2.45, 2.75) is 18.4 Å². The molecule has 2 aromatic rings. The molecule has 0 unspecified atom stereocenters. The maximum Gasteiger partial charge on any atom is 0.339 e. The van der Waals surface area contributed by atoms with Crippen LogP contribution in [0.25, 0.3) is 0 Å². The average molecular weight is 368 g/mol. The molecule has 7 heteroatoms. The van der Waals surface area contributed by atoms with Gasteiger partial charge in [-0.25, -0.2) is 13.2 Å². The van der Waals surface area contributed by atoms with E-state index in [1.807, 2.05) is 0 Å². The summed E-state index contributed by atoms with van der Waals surface area (Å²) < 4.78 is 31.9. The predicted octanol–water partition coefficient (Wildman–Crippen LogP) is 3.34. The number of rotatable bonds is 6. The molecule has 0 spiro atoms. The average Bonchev–Trinajstić information content (AvgIpc) is 2.60. The summed E-state index contributed by atoms with van der Waals surface area (Å²) in [5, 5.41) is 0.493. The highest BCUT2D eigenvalue weighted by Crippen LogP contribution is 2.24. The van der Waals surface area contributed by atoms with Crippen molar-refractivity contribution < 1.29 is 17.9 Å². The number of hydrogen-bond acceptors (Lipinski definition) is 4. The molecule has 0 aliphatic carbocycles. The van der Waals surface area contributed by atoms with Crippen LogP contribution in [0.3, 0.4) is 0 Å². The Morgan fingerprint density at radius 1 is 1.12 bits per heavy atom. The lowest BCUT2D eigenvalue weighted by molar-refractivity contribution is 0.0596. The molecule has 0 fully saturated rings. The third kappa shape index (κ3) is 3.77. The fourth-order valence-corrected chi connectivity index (χ4v) is 4.10. The molecular weight excluding hydrogens is 350 g/mol. The van der Waals surface area contributed by atoms with Gasteiger partial charge in [0.2, 0.25) is 10.0 Å². The van der Waals surface area contributed by atoms with E-state index in [1.165, 1.54) is 23.5 Å². The Balaban J connectivity index is 2.45. The molecule has 0 aromatic heterocycles. The van der Waals surface area contributed by atoms with Gasteiger partial charge in [0, 0.05) is 18.1 Å². The zero-order valence-electron chi connectivity index (χ0n) is 13.4. The quantitative estimate of drug-likeness (QED) is 0.734. The first-order valence-electron chi connectivity index (χ1n) is 7.32. The normalized spacial score (nSPS) is 11.5. The Bertz CT molecular complexity index is 836. The molecule has 128 valence electrons. The summed E-state index contributed by atoms with van der Waals surface area (Å²) in [6.45, 7) is 2.09. The van der Waals surface area contributed by atoms with Gasteiger partial charge in [0.1, 0.15) is 0 Å². The third-order valence-electron chi connectivity index (χ3n) is 3.57. The zero-order chi connectivity index (χ0) is 17.7. The first kappa shape index (κ1) is 18.4. The van der Waals surface area contributed by atoms with Crippen LogP contribution in [0.1, 0.15) is 22.8 Å². The molecule has 0 radical (unpaired) electrons. The van der Waals surface area contributed by atoms with E-state index in [0.29, 0.717) is 10.6 Å². The monoisotopic (exact) mass is 367 g/mol. The van der Waals surface area contributed by atoms with E-state index in [4.69, 9.17) is 11.6 Å². The number of benzene rings is 2. The number of carbonyl (C=O) groups is 1. The Morgan fingerprint density at radius 3 is 2.38 bits per heavy atom. The number of sulfonamides is 1. The zero-order valence-corrected chi connectivity index (χ0v) is 15.0. The van der Waals surface area contributed by atoms with Crippen LogP contribution in [0.15, 0.2) is 53.4 Å². The second-order valence-corrected chi connectivity index (χ2v) is 7.32. The van der Waals surface area contributed by atoms with Crippen LogP contribution in [0.5, 0.6) is 0 Å². The van der Waals surface area contributed by atoms with Gasteiger partial charge < -0.3 is 4.74 Å². The molecule has 0 atom stereocenters. The minimum Gasteiger partial charge on any atom is -0.465 e. The number of halogens is 1. The van der Waals surface area contributed by atoms with E-state index in [-0.39, 0.29) is 23.5 Å². The lowest BCUT2D eigenvalue weighted by atomic mass is 10.2. The van der Waals surface area contributed by atoms with Crippen LogP contribution in [0.4, 0.5) is 0 Å². The van der Waals surface area contributed by atoms with Crippen LogP contribution >= 0.6 is 11.6 Å². The Kier molecular flexibility index (Phi) is 5.99. The molecule has 0 N–H and O–H groups in total. The van der Waals surface area contributed by atoms with Crippen LogP contribution < -0.4 is 0 Å². The molecule has 0 heterocycles. The summed E-state index contributed by atoms with van der Waals surface area (Å²) >= 11 is 6.13. The number of carbonyl (C=O) groups excluding carboxylic acids is 1. The van der Waals surface area contributed by atoms with Crippen LogP contribution in [-0.4, -0.2) is 32.3 Å². The smallest absolute Gasteiger partial charge is 0.339 e. The summed E-state index contributed by atoms with van der Waals surface area (Å²) in [5.41, 5.74) is 0.706. The van der Waals surface area contributed by atoms with Crippen LogP contribution in [-0.2, 0) is 21.3 Å². The Hall–Kier alpha value is -1.89. The predicted molar refractivity (Wildman–Crippen MR) is 92.5 cm³/mol. The van der Waals surface area contributed by atoms with Gasteiger partial charge in [0.25, 0.3) is 0 Å². The Morgan fingerprint density at radius 2 is 1.75 bits per heavy atom. The van der Waals surface area contributed by atoms with Gasteiger partial charge in [-0.15, -0.1) is 0 Å². The molecule has 2 aromatic carbocycles. The molecule has 0 bridgehead atoms. The van der Waals surface area contributed by atoms with E-state index < -0.39 is 16.0 Å². The van der Waals surface area contributed by atoms with Crippen molar-refractivity contribution in [3.63, 3.8) is 0 Å². The van der Waals surface area contributed by atoms with E-state index >= 15 is 0 Å². The first-order chi connectivity index (χ1) is 11.4. The molecular formula is C17H18ClNO4S. The number of methoxy groups -OCH3 is 1. The van der Waals surface area contributed by atoms with Gasteiger partial charge in [-0.3, -0.25) is 0 Å². The molecule has 0 amide bonds. The second kappa shape index (κ2) is 7.79. The van der Waals surface area contributed by atoms with Crippen molar-refractivity contribution in [3.05, 3.63) is 64.7 Å². The van der Waals surface area contributed by atoms with Crippen molar-refractivity contribution in [3.8, 4) is 0 Å². The SMILES string of the molecule is CCN(Cc1ccccc1Cl)S(=O)(=O)c1ccccc1C(=O)OC. The molecule has 0 saturated carbocycles. The minimum absolute atomic E-state index is 0.0117. The highest BCUT2D eigenvalue weighted by Gasteiger charge is 2.28. The summed E-state index contributed by atoms with van der Waals surface area (Å²) in [6, 6.07) is 13.1. The first-order valence-corrected chi connectivity index (χ1v) is 9.14. The molecule has 5 nitrogen and oxygen atoms in total. The lowest BCUT2D eigenvalue weighted by Crippen LogP contribution is -2.31. The topological polar surface area (TPSA) is 63.7 Å². The van der Waals surface area contributed by atoms with Crippen molar-refractivity contribution in [1.82, 2.24) is 4.31 Å². The fraction of sp³-hybridized carbons (Fsp3) is 0.235. The number of hydrogen-bond donors (Lipinski definition) is 0. The summed E-state index contributed by atoms with van der Waals surface area (Å²) in [6.07, 6.45) is 0. The largest absolute Gasteiger partial charge is 0.465 e. The maximum atomic E-state index is 13.0. The molecule has 0 saturated heterocycles. The van der Waals surface area contributed by atoms with Gasteiger partial charge >= 0.3 is 5.97 Å². The third-order valence-corrected chi connectivity index (χ3v) is 5.92. The van der Waals surface area contributed by atoms with Crippen LogP contribution in [0.2, 0.25) is 5.02 Å². The number of nitrogens with zero attached hydrogens (tertiary/aromatic N) is 1. The van der Waals surface area contributed by atoms with Crippen molar-refractivity contribution >= 4 is 27.6 Å².